The molecule has 5 nitrogen and oxygen atoms in total. The molecule has 0 aliphatic carbocycles. The van der Waals surface area contributed by atoms with Crippen LogP contribution in [0.25, 0.3) is 0 Å². The Balaban J connectivity index is 1.65. The summed E-state index contributed by atoms with van der Waals surface area (Å²) in [5.41, 5.74) is 2.12. The monoisotopic (exact) mass is 413 g/mol. The van der Waals surface area contributed by atoms with E-state index in [1.54, 1.807) is 72.8 Å². The molecule has 142 valence electrons. The largest absolute Gasteiger partial charge is 0.376 e. The average molecular weight is 414 g/mol. The lowest BCUT2D eigenvalue weighted by Gasteiger charge is -2.13. The van der Waals surface area contributed by atoms with E-state index in [1.165, 1.54) is 0 Å². The first-order valence-electron chi connectivity index (χ1n) is 8.47. The average Bonchev–Trinajstić information content (AvgIpc) is 2.70. The highest BCUT2D eigenvalue weighted by molar-refractivity contribution is 6.33. The topological polar surface area (TPSA) is 70.2 Å². The minimum absolute atomic E-state index is 0.0174. The van der Waals surface area contributed by atoms with Gasteiger partial charge in [0.1, 0.15) is 0 Å². The summed E-state index contributed by atoms with van der Waals surface area (Å²) in [5, 5.41) is 9.57. The van der Waals surface area contributed by atoms with Crippen LogP contribution in [0.3, 0.4) is 0 Å². The van der Waals surface area contributed by atoms with Crippen molar-refractivity contribution in [3.8, 4) is 0 Å². The Morgan fingerprint density at radius 1 is 0.750 bits per heavy atom. The van der Waals surface area contributed by atoms with Crippen LogP contribution in [-0.4, -0.2) is 18.4 Å². The van der Waals surface area contributed by atoms with Gasteiger partial charge in [0.05, 0.1) is 22.8 Å². The second-order valence-electron chi connectivity index (χ2n) is 5.89. The molecule has 3 aromatic carbocycles. The van der Waals surface area contributed by atoms with Gasteiger partial charge in [-0.15, -0.1) is 0 Å². The number of carbonyl (C=O) groups is 2. The normalized spacial score (nSPS) is 10.2. The summed E-state index contributed by atoms with van der Waals surface area (Å²) >= 11 is 11.9. The number of hydrogen-bond donors (Lipinski definition) is 3. The number of halogens is 2. The molecular formula is C21H17Cl2N3O2. The molecule has 0 fully saturated rings. The Labute approximate surface area is 172 Å². The molecule has 0 aliphatic heterocycles. The molecule has 2 amide bonds. The van der Waals surface area contributed by atoms with Crippen molar-refractivity contribution >= 4 is 52.1 Å². The van der Waals surface area contributed by atoms with E-state index in [4.69, 9.17) is 23.2 Å². The molecule has 0 spiro atoms. The predicted octanol–water partition coefficient (Wildman–Crippen LogP) is 5.30. The number of carbonyl (C=O) groups excluding carboxylic acids is 2. The van der Waals surface area contributed by atoms with Gasteiger partial charge in [-0.25, -0.2) is 0 Å². The maximum atomic E-state index is 12.6. The zero-order chi connectivity index (χ0) is 19.9. The highest BCUT2D eigenvalue weighted by Gasteiger charge is 2.12. The standard InChI is InChI=1S/C21H17Cl2N3O2/c22-14-9-11-15(12-10-14)25-21(28)16-5-1-3-7-18(16)24-13-20(27)26-19-8-4-2-6-17(19)23/h1-12,24H,13H2,(H,25,28)(H,26,27). The molecule has 0 radical (unpaired) electrons. The van der Waals surface area contributed by atoms with Crippen LogP contribution < -0.4 is 16.0 Å². The van der Waals surface area contributed by atoms with Gasteiger partial charge in [-0.1, -0.05) is 47.5 Å². The van der Waals surface area contributed by atoms with Gasteiger partial charge >= 0.3 is 0 Å². The maximum Gasteiger partial charge on any atom is 0.257 e. The molecule has 0 aromatic heterocycles. The van der Waals surface area contributed by atoms with Gasteiger partial charge in [-0.05, 0) is 48.5 Å². The van der Waals surface area contributed by atoms with E-state index < -0.39 is 0 Å². The highest BCUT2D eigenvalue weighted by Crippen LogP contribution is 2.21. The van der Waals surface area contributed by atoms with Crippen molar-refractivity contribution in [2.24, 2.45) is 0 Å². The van der Waals surface area contributed by atoms with E-state index in [0.29, 0.717) is 32.7 Å². The van der Waals surface area contributed by atoms with E-state index in [2.05, 4.69) is 16.0 Å². The molecule has 0 heterocycles. The maximum absolute atomic E-state index is 12.6. The van der Waals surface area contributed by atoms with Crippen molar-refractivity contribution in [1.29, 1.82) is 0 Å². The van der Waals surface area contributed by atoms with E-state index in [9.17, 15) is 9.59 Å². The van der Waals surface area contributed by atoms with Crippen LogP contribution >= 0.6 is 23.2 Å². The fraction of sp³-hybridized carbons (Fsp3) is 0.0476. The van der Waals surface area contributed by atoms with E-state index in [1.807, 2.05) is 0 Å². The first-order chi connectivity index (χ1) is 13.5. The first-order valence-corrected chi connectivity index (χ1v) is 9.23. The second kappa shape index (κ2) is 9.26. The zero-order valence-corrected chi connectivity index (χ0v) is 16.2. The van der Waals surface area contributed by atoms with Crippen LogP contribution in [0.5, 0.6) is 0 Å². The van der Waals surface area contributed by atoms with Crippen LogP contribution in [0.2, 0.25) is 10.0 Å². The van der Waals surface area contributed by atoms with Gasteiger partial charge < -0.3 is 16.0 Å². The molecule has 0 unspecified atom stereocenters. The molecule has 0 saturated carbocycles. The minimum Gasteiger partial charge on any atom is -0.376 e. The summed E-state index contributed by atoms with van der Waals surface area (Å²) in [6.07, 6.45) is 0. The fourth-order valence-corrected chi connectivity index (χ4v) is 2.81. The van der Waals surface area contributed by atoms with Crippen LogP contribution in [0, 0.1) is 0 Å². The molecular weight excluding hydrogens is 397 g/mol. The van der Waals surface area contributed by atoms with Gasteiger partial charge in [0, 0.05) is 16.4 Å². The van der Waals surface area contributed by atoms with Crippen LogP contribution in [0.15, 0.2) is 72.8 Å². The van der Waals surface area contributed by atoms with Gasteiger partial charge in [0.2, 0.25) is 5.91 Å². The van der Waals surface area contributed by atoms with Crippen LogP contribution in [0.1, 0.15) is 10.4 Å². The summed E-state index contributed by atoms with van der Waals surface area (Å²) in [6, 6.07) is 20.8. The Hall–Kier alpha value is -3.02. The molecule has 3 rings (SSSR count). The van der Waals surface area contributed by atoms with E-state index in [0.717, 1.165) is 0 Å². The molecule has 0 saturated heterocycles. The van der Waals surface area contributed by atoms with Crippen molar-refractivity contribution in [2.75, 3.05) is 22.5 Å². The molecule has 0 aliphatic rings. The second-order valence-corrected chi connectivity index (χ2v) is 6.73. The Kier molecular flexibility index (Phi) is 6.53. The fourth-order valence-electron chi connectivity index (χ4n) is 2.50. The molecule has 0 bridgehead atoms. The third-order valence-electron chi connectivity index (χ3n) is 3.86. The molecule has 3 N–H and O–H groups in total. The van der Waals surface area contributed by atoms with Gasteiger partial charge in [-0.2, -0.15) is 0 Å². The summed E-state index contributed by atoms with van der Waals surface area (Å²) in [5.74, 6) is -0.571. The number of amides is 2. The number of benzene rings is 3. The zero-order valence-electron chi connectivity index (χ0n) is 14.7. The van der Waals surface area contributed by atoms with E-state index >= 15 is 0 Å². The van der Waals surface area contributed by atoms with Crippen LogP contribution in [0.4, 0.5) is 17.1 Å². The van der Waals surface area contributed by atoms with Crippen molar-refractivity contribution < 1.29 is 9.59 Å². The quantitative estimate of drug-likeness (QED) is 0.513. The van der Waals surface area contributed by atoms with Gasteiger partial charge in [-0.3, -0.25) is 9.59 Å². The SMILES string of the molecule is O=C(CNc1ccccc1C(=O)Nc1ccc(Cl)cc1)Nc1ccccc1Cl. The first kappa shape index (κ1) is 19.7. The van der Waals surface area contributed by atoms with Gasteiger partial charge in [0.25, 0.3) is 5.91 Å². The summed E-state index contributed by atoms with van der Waals surface area (Å²) in [6.45, 7) is -0.0174. The lowest BCUT2D eigenvalue weighted by molar-refractivity contribution is -0.114. The van der Waals surface area contributed by atoms with Crippen molar-refractivity contribution in [3.05, 3.63) is 88.4 Å². The lowest BCUT2D eigenvalue weighted by Crippen LogP contribution is -2.23. The predicted molar refractivity (Wildman–Crippen MR) is 114 cm³/mol. The summed E-state index contributed by atoms with van der Waals surface area (Å²) < 4.78 is 0. The number of hydrogen-bond acceptors (Lipinski definition) is 3. The Morgan fingerprint density at radius 2 is 1.39 bits per heavy atom. The number of nitrogens with one attached hydrogen (secondary N) is 3. The van der Waals surface area contributed by atoms with Gasteiger partial charge in [0.15, 0.2) is 0 Å². The number of rotatable bonds is 6. The summed E-state index contributed by atoms with van der Waals surface area (Å²) in [4.78, 5) is 24.8. The smallest absolute Gasteiger partial charge is 0.257 e. The molecule has 7 heteroatoms. The Morgan fingerprint density at radius 3 is 2.11 bits per heavy atom. The highest BCUT2D eigenvalue weighted by atomic mass is 35.5. The molecule has 0 atom stereocenters. The minimum atomic E-state index is -0.295. The Bertz CT molecular complexity index is 991. The van der Waals surface area contributed by atoms with Crippen molar-refractivity contribution in [3.63, 3.8) is 0 Å². The number of anilines is 3. The summed E-state index contributed by atoms with van der Waals surface area (Å²) in [7, 11) is 0. The third kappa shape index (κ3) is 5.25. The van der Waals surface area contributed by atoms with Crippen LogP contribution in [-0.2, 0) is 4.79 Å². The lowest BCUT2D eigenvalue weighted by atomic mass is 10.1. The third-order valence-corrected chi connectivity index (χ3v) is 4.44. The molecule has 28 heavy (non-hydrogen) atoms. The van der Waals surface area contributed by atoms with Crippen molar-refractivity contribution in [2.45, 2.75) is 0 Å². The number of para-hydroxylation sites is 2. The van der Waals surface area contributed by atoms with Crippen molar-refractivity contribution in [1.82, 2.24) is 0 Å². The molecule has 3 aromatic rings. The van der Waals surface area contributed by atoms with E-state index in [-0.39, 0.29) is 18.4 Å².